The van der Waals surface area contributed by atoms with Crippen LogP contribution in [0.5, 0.6) is 5.88 Å². The number of hydrogen-bond donors (Lipinski definition) is 2. The highest BCUT2D eigenvalue weighted by Crippen LogP contribution is 2.31. The molecule has 2 N–H and O–H groups in total. The van der Waals surface area contributed by atoms with Crippen molar-refractivity contribution in [3.05, 3.63) is 23.4 Å². The van der Waals surface area contributed by atoms with Crippen LogP contribution >= 0.6 is 11.6 Å². The average molecular weight is 426 g/mol. The van der Waals surface area contributed by atoms with E-state index in [1.54, 1.807) is 10.9 Å². The van der Waals surface area contributed by atoms with E-state index in [9.17, 15) is 9.50 Å². The lowest BCUT2D eigenvalue weighted by molar-refractivity contribution is 0.0663. The normalized spacial score (nSPS) is 23.1. The second-order valence-corrected chi connectivity index (χ2v) is 7.95. The molecule has 0 atom stereocenters. The molecule has 0 aromatic carbocycles. The molecule has 158 valence electrons. The van der Waals surface area contributed by atoms with Crippen molar-refractivity contribution in [3.8, 4) is 5.88 Å². The van der Waals surface area contributed by atoms with Crippen LogP contribution < -0.4 is 10.1 Å². The summed E-state index contributed by atoms with van der Waals surface area (Å²) in [5.41, 5.74) is 0.553. The quantitative estimate of drug-likeness (QED) is 0.731. The first kappa shape index (κ1) is 20.3. The van der Waals surface area contributed by atoms with Gasteiger partial charge in [0.2, 0.25) is 11.8 Å². The molecule has 0 spiro atoms. The SMILES string of the molecule is OC1CCC(COc2nc(Nc3cnn(C4CCOCC4)c3Cl)ncc2F)CC1. The van der Waals surface area contributed by atoms with Crippen molar-refractivity contribution in [2.45, 2.75) is 50.7 Å². The van der Waals surface area contributed by atoms with Crippen molar-refractivity contribution < 1.29 is 19.0 Å². The molecule has 4 rings (SSSR count). The van der Waals surface area contributed by atoms with Gasteiger partial charge >= 0.3 is 0 Å². The average Bonchev–Trinajstić information content (AvgIpc) is 3.10. The summed E-state index contributed by atoms with van der Waals surface area (Å²) in [4.78, 5) is 8.12. The van der Waals surface area contributed by atoms with Crippen LogP contribution in [0, 0.1) is 11.7 Å². The van der Waals surface area contributed by atoms with E-state index in [0.717, 1.165) is 44.7 Å². The molecule has 0 unspecified atom stereocenters. The van der Waals surface area contributed by atoms with Gasteiger partial charge in [-0.05, 0) is 44.4 Å². The standard InChI is InChI=1S/C19H25ClFN5O3/c20-17-16(10-23-26(17)13-5-7-28-8-6-13)24-19-22-9-15(21)18(25-19)29-11-12-1-3-14(27)4-2-12/h9-10,12-14,27H,1-8,11H2,(H,22,24,25). The van der Waals surface area contributed by atoms with Crippen LogP contribution in [0.25, 0.3) is 0 Å². The van der Waals surface area contributed by atoms with Crippen LogP contribution in [0.2, 0.25) is 5.15 Å². The Balaban J connectivity index is 1.40. The molecule has 2 aliphatic rings. The zero-order valence-electron chi connectivity index (χ0n) is 16.1. The number of nitrogens with zero attached hydrogens (tertiary/aromatic N) is 4. The van der Waals surface area contributed by atoms with E-state index in [2.05, 4.69) is 20.4 Å². The predicted molar refractivity (Wildman–Crippen MR) is 105 cm³/mol. The van der Waals surface area contributed by atoms with Gasteiger partial charge in [-0.3, -0.25) is 0 Å². The van der Waals surface area contributed by atoms with Crippen LogP contribution in [0.15, 0.2) is 12.4 Å². The number of anilines is 2. The first-order valence-electron chi connectivity index (χ1n) is 10.0. The molecule has 0 radical (unpaired) electrons. The van der Waals surface area contributed by atoms with E-state index in [-0.39, 0.29) is 29.9 Å². The molecule has 8 nitrogen and oxygen atoms in total. The van der Waals surface area contributed by atoms with Gasteiger partial charge in [-0.2, -0.15) is 14.5 Å². The highest BCUT2D eigenvalue weighted by Gasteiger charge is 2.22. The lowest BCUT2D eigenvalue weighted by Crippen LogP contribution is -2.23. The molecule has 2 aromatic rings. The van der Waals surface area contributed by atoms with Gasteiger partial charge < -0.3 is 19.9 Å². The highest BCUT2D eigenvalue weighted by atomic mass is 35.5. The van der Waals surface area contributed by atoms with E-state index >= 15 is 0 Å². The van der Waals surface area contributed by atoms with Crippen LogP contribution in [0.3, 0.4) is 0 Å². The van der Waals surface area contributed by atoms with E-state index in [0.29, 0.717) is 30.7 Å². The monoisotopic (exact) mass is 425 g/mol. The summed E-state index contributed by atoms with van der Waals surface area (Å²) in [5.74, 6) is -0.234. The molecule has 1 saturated carbocycles. The Morgan fingerprint density at radius 3 is 2.72 bits per heavy atom. The number of aliphatic hydroxyl groups excluding tert-OH is 1. The van der Waals surface area contributed by atoms with Gasteiger partial charge in [-0.1, -0.05) is 11.6 Å². The van der Waals surface area contributed by atoms with Gasteiger partial charge in [-0.25, -0.2) is 9.67 Å². The van der Waals surface area contributed by atoms with Crippen LogP contribution in [-0.4, -0.2) is 50.8 Å². The third kappa shape index (κ3) is 4.96. The van der Waals surface area contributed by atoms with Gasteiger partial charge in [0.25, 0.3) is 5.88 Å². The van der Waals surface area contributed by atoms with Crippen molar-refractivity contribution in [1.29, 1.82) is 0 Å². The largest absolute Gasteiger partial charge is 0.475 e. The van der Waals surface area contributed by atoms with Gasteiger partial charge in [-0.15, -0.1) is 0 Å². The minimum absolute atomic E-state index is 0.0958. The smallest absolute Gasteiger partial charge is 0.255 e. The minimum atomic E-state index is -0.615. The Morgan fingerprint density at radius 1 is 1.21 bits per heavy atom. The van der Waals surface area contributed by atoms with Crippen LogP contribution in [0.4, 0.5) is 16.0 Å². The molecule has 3 heterocycles. The number of nitrogens with one attached hydrogen (secondary N) is 1. The molecule has 1 aliphatic carbocycles. The topological polar surface area (TPSA) is 94.3 Å². The van der Waals surface area contributed by atoms with Crippen LogP contribution in [-0.2, 0) is 4.74 Å². The Kier molecular flexibility index (Phi) is 6.46. The van der Waals surface area contributed by atoms with Crippen LogP contribution in [0.1, 0.15) is 44.6 Å². The molecular weight excluding hydrogens is 401 g/mol. The summed E-state index contributed by atoms with van der Waals surface area (Å²) in [5, 5.41) is 17.4. The van der Waals surface area contributed by atoms with Gasteiger partial charge in [0.1, 0.15) is 0 Å². The van der Waals surface area contributed by atoms with Crippen molar-refractivity contribution >= 4 is 23.2 Å². The fourth-order valence-corrected chi connectivity index (χ4v) is 4.03. The molecule has 0 bridgehead atoms. The van der Waals surface area contributed by atoms with Crippen molar-refractivity contribution in [2.24, 2.45) is 5.92 Å². The molecule has 1 aliphatic heterocycles. The van der Waals surface area contributed by atoms with Crippen molar-refractivity contribution in [3.63, 3.8) is 0 Å². The van der Waals surface area contributed by atoms with Gasteiger partial charge in [0.05, 0.1) is 36.8 Å². The summed E-state index contributed by atoms with van der Waals surface area (Å²) in [7, 11) is 0. The fraction of sp³-hybridized carbons (Fsp3) is 0.632. The Labute approximate surface area is 173 Å². The molecular formula is C19H25ClFN5O3. The molecule has 2 fully saturated rings. The van der Waals surface area contributed by atoms with E-state index in [1.165, 1.54) is 0 Å². The third-order valence-corrected chi connectivity index (χ3v) is 5.88. The van der Waals surface area contributed by atoms with Gasteiger partial charge in [0, 0.05) is 13.2 Å². The number of aromatic nitrogens is 4. The molecule has 0 amide bonds. The number of aliphatic hydroxyl groups is 1. The third-order valence-electron chi connectivity index (χ3n) is 5.50. The maximum Gasteiger partial charge on any atom is 0.255 e. The lowest BCUT2D eigenvalue weighted by atomic mass is 9.88. The summed E-state index contributed by atoms with van der Waals surface area (Å²) in [6.07, 6.45) is 7.38. The summed E-state index contributed by atoms with van der Waals surface area (Å²) in [6.45, 7) is 1.74. The maximum atomic E-state index is 14.1. The number of ether oxygens (including phenoxy) is 2. The molecule has 1 saturated heterocycles. The Morgan fingerprint density at radius 2 is 1.97 bits per heavy atom. The van der Waals surface area contributed by atoms with Crippen molar-refractivity contribution in [2.75, 3.05) is 25.1 Å². The zero-order valence-corrected chi connectivity index (χ0v) is 16.8. The summed E-state index contributed by atoms with van der Waals surface area (Å²) >= 11 is 6.47. The second-order valence-electron chi connectivity index (χ2n) is 7.59. The van der Waals surface area contributed by atoms with E-state index in [4.69, 9.17) is 21.1 Å². The first-order chi connectivity index (χ1) is 14.1. The zero-order chi connectivity index (χ0) is 20.2. The maximum absolute atomic E-state index is 14.1. The van der Waals surface area contributed by atoms with Crippen molar-refractivity contribution in [1.82, 2.24) is 19.7 Å². The lowest BCUT2D eigenvalue weighted by Gasteiger charge is -2.25. The molecule has 29 heavy (non-hydrogen) atoms. The summed E-state index contributed by atoms with van der Waals surface area (Å²) in [6, 6.07) is 0.189. The Bertz CT molecular complexity index is 822. The fourth-order valence-electron chi connectivity index (χ4n) is 3.76. The van der Waals surface area contributed by atoms with E-state index < -0.39 is 5.82 Å². The summed E-state index contributed by atoms with van der Waals surface area (Å²) < 4.78 is 26.8. The predicted octanol–water partition coefficient (Wildman–Crippen LogP) is 3.49. The Hall–Kier alpha value is -1.97. The first-order valence-corrected chi connectivity index (χ1v) is 10.4. The molecule has 2 aromatic heterocycles. The highest BCUT2D eigenvalue weighted by molar-refractivity contribution is 6.32. The number of rotatable bonds is 6. The number of halogens is 2. The minimum Gasteiger partial charge on any atom is -0.475 e. The molecule has 10 heteroatoms. The number of hydrogen-bond acceptors (Lipinski definition) is 7. The second kappa shape index (κ2) is 9.23. The van der Waals surface area contributed by atoms with E-state index in [1.807, 2.05) is 0 Å². The van der Waals surface area contributed by atoms with Gasteiger partial charge in [0.15, 0.2) is 5.15 Å².